The number of anilines is 1. The fourth-order valence-corrected chi connectivity index (χ4v) is 3.48. The van der Waals surface area contributed by atoms with Gasteiger partial charge in [0, 0.05) is 21.7 Å². The summed E-state index contributed by atoms with van der Waals surface area (Å²) >= 11 is 12.4. The van der Waals surface area contributed by atoms with Gasteiger partial charge in [0.05, 0.1) is 25.2 Å². The van der Waals surface area contributed by atoms with E-state index in [0.717, 1.165) is 0 Å². The zero-order valence-corrected chi connectivity index (χ0v) is 19.7. The summed E-state index contributed by atoms with van der Waals surface area (Å²) in [5, 5.41) is 14.8. The number of methoxy groups -OCH3 is 2. The topological polar surface area (TPSA) is 99.9 Å². The van der Waals surface area contributed by atoms with Gasteiger partial charge >= 0.3 is 0 Å². The lowest BCUT2D eigenvalue weighted by Gasteiger charge is -2.13. The van der Waals surface area contributed by atoms with Gasteiger partial charge in [-0.2, -0.15) is 0 Å². The molecule has 10 heteroatoms. The van der Waals surface area contributed by atoms with Crippen LogP contribution in [0.25, 0.3) is 6.08 Å². The number of nitro benzene ring substituents is 1. The molecule has 0 aliphatic rings. The van der Waals surface area contributed by atoms with Gasteiger partial charge in [-0.25, -0.2) is 0 Å². The predicted molar refractivity (Wildman–Crippen MR) is 131 cm³/mol. The Morgan fingerprint density at radius 3 is 2.41 bits per heavy atom. The number of amides is 1. The molecule has 0 fully saturated rings. The molecule has 0 saturated carbocycles. The number of carbonyl (C=O) groups excluding carboxylic acids is 1. The number of nitrogens with one attached hydrogen (secondary N) is 1. The quantitative estimate of drug-likeness (QED) is 0.214. The highest BCUT2D eigenvalue weighted by Crippen LogP contribution is 2.32. The minimum Gasteiger partial charge on any atom is -0.496 e. The van der Waals surface area contributed by atoms with Gasteiger partial charge in [-0.15, -0.1) is 0 Å². The highest BCUT2D eigenvalue weighted by atomic mass is 35.5. The van der Waals surface area contributed by atoms with E-state index in [1.165, 1.54) is 38.5 Å². The average Bonchev–Trinajstić information content (AvgIpc) is 2.82. The number of rotatable bonds is 9. The second kappa shape index (κ2) is 11.4. The Morgan fingerprint density at radius 1 is 1.03 bits per heavy atom. The Morgan fingerprint density at radius 2 is 1.76 bits per heavy atom. The van der Waals surface area contributed by atoms with Crippen molar-refractivity contribution in [3.8, 4) is 17.2 Å². The lowest BCUT2D eigenvalue weighted by Crippen LogP contribution is -2.09. The molecule has 1 amide bonds. The minimum absolute atomic E-state index is 0.0556. The van der Waals surface area contributed by atoms with Crippen LogP contribution in [0.1, 0.15) is 11.1 Å². The second-order valence-electron chi connectivity index (χ2n) is 6.86. The third-order valence-corrected chi connectivity index (χ3v) is 5.42. The number of carbonyl (C=O) groups is 1. The van der Waals surface area contributed by atoms with Crippen LogP contribution in [0.15, 0.2) is 60.7 Å². The summed E-state index contributed by atoms with van der Waals surface area (Å²) in [6.45, 7) is 0.146. The van der Waals surface area contributed by atoms with Crippen LogP contribution in [0.3, 0.4) is 0 Å². The maximum Gasteiger partial charge on any atom is 0.296 e. The van der Waals surface area contributed by atoms with Gasteiger partial charge in [0.1, 0.15) is 18.0 Å². The molecule has 0 atom stereocenters. The normalized spacial score (nSPS) is 10.7. The Hall–Kier alpha value is -3.75. The Labute approximate surface area is 205 Å². The molecule has 0 spiro atoms. The van der Waals surface area contributed by atoms with Crippen LogP contribution in [-0.4, -0.2) is 25.1 Å². The van der Waals surface area contributed by atoms with Crippen molar-refractivity contribution in [2.24, 2.45) is 0 Å². The van der Waals surface area contributed by atoms with Crippen LogP contribution in [0.5, 0.6) is 17.2 Å². The van der Waals surface area contributed by atoms with Crippen molar-refractivity contribution in [2.75, 3.05) is 19.5 Å². The summed E-state index contributed by atoms with van der Waals surface area (Å²) in [5.41, 5.74) is 1.09. The number of benzene rings is 3. The van der Waals surface area contributed by atoms with Crippen molar-refractivity contribution >= 4 is 46.6 Å². The highest BCUT2D eigenvalue weighted by molar-refractivity contribution is 6.35. The first-order chi connectivity index (χ1) is 16.3. The molecule has 0 unspecified atom stereocenters. The molecule has 0 radical (unpaired) electrons. The molecule has 3 aromatic rings. The van der Waals surface area contributed by atoms with E-state index in [0.29, 0.717) is 38.4 Å². The number of nitro groups is 1. The first-order valence-electron chi connectivity index (χ1n) is 9.87. The molecule has 176 valence electrons. The summed E-state index contributed by atoms with van der Waals surface area (Å²) in [5.74, 6) is 0.679. The van der Waals surface area contributed by atoms with E-state index in [2.05, 4.69) is 5.32 Å². The lowest BCUT2D eigenvalue weighted by atomic mass is 10.1. The molecule has 0 heterocycles. The number of hydrogen-bond acceptors (Lipinski definition) is 6. The third kappa shape index (κ3) is 6.18. The number of nitrogens with zero attached hydrogens (tertiary/aromatic N) is 1. The highest BCUT2D eigenvalue weighted by Gasteiger charge is 2.16. The van der Waals surface area contributed by atoms with E-state index in [9.17, 15) is 14.9 Å². The molecule has 34 heavy (non-hydrogen) atoms. The molecule has 0 bridgehead atoms. The van der Waals surface area contributed by atoms with Crippen LogP contribution in [0.2, 0.25) is 10.0 Å². The van der Waals surface area contributed by atoms with E-state index in [-0.39, 0.29) is 18.0 Å². The monoisotopic (exact) mass is 502 g/mol. The van der Waals surface area contributed by atoms with Gasteiger partial charge < -0.3 is 19.5 Å². The molecule has 0 aromatic heterocycles. The van der Waals surface area contributed by atoms with Crippen LogP contribution in [0, 0.1) is 10.1 Å². The summed E-state index contributed by atoms with van der Waals surface area (Å²) in [6.07, 6.45) is 2.80. The largest absolute Gasteiger partial charge is 0.496 e. The molecule has 3 aromatic carbocycles. The van der Waals surface area contributed by atoms with Crippen molar-refractivity contribution in [1.82, 2.24) is 0 Å². The molecule has 1 N–H and O–H groups in total. The maximum atomic E-state index is 12.3. The fourth-order valence-electron chi connectivity index (χ4n) is 2.97. The van der Waals surface area contributed by atoms with Crippen molar-refractivity contribution in [3.05, 3.63) is 92.0 Å². The van der Waals surface area contributed by atoms with E-state index in [1.807, 2.05) is 0 Å². The van der Waals surface area contributed by atoms with Crippen molar-refractivity contribution in [1.29, 1.82) is 0 Å². The third-order valence-electron chi connectivity index (χ3n) is 4.71. The zero-order chi connectivity index (χ0) is 24.7. The Bertz CT molecular complexity index is 1230. The Kier molecular flexibility index (Phi) is 8.34. The van der Waals surface area contributed by atoms with Crippen LogP contribution >= 0.6 is 23.2 Å². The van der Waals surface area contributed by atoms with Gasteiger partial charge in [0.25, 0.3) is 5.69 Å². The minimum atomic E-state index is -0.596. The van der Waals surface area contributed by atoms with Crippen LogP contribution < -0.4 is 19.5 Å². The van der Waals surface area contributed by atoms with Gasteiger partial charge in [0.2, 0.25) is 5.91 Å². The molecular formula is C24H20Cl2N2O6. The number of hydrogen-bond donors (Lipinski definition) is 1. The zero-order valence-electron chi connectivity index (χ0n) is 18.2. The van der Waals surface area contributed by atoms with Crippen LogP contribution in [0.4, 0.5) is 11.4 Å². The lowest BCUT2D eigenvalue weighted by molar-refractivity contribution is -0.384. The summed E-state index contributed by atoms with van der Waals surface area (Å²) in [6, 6.07) is 14.5. The van der Waals surface area contributed by atoms with Crippen molar-refractivity contribution in [3.63, 3.8) is 0 Å². The molecule has 3 rings (SSSR count). The van der Waals surface area contributed by atoms with Crippen molar-refractivity contribution < 1.29 is 23.9 Å². The van der Waals surface area contributed by atoms with E-state index >= 15 is 0 Å². The molecule has 0 aliphatic heterocycles. The summed E-state index contributed by atoms with van der Waals surface area (Å²) in [7, 11) is 2.89. The van der Waals surface area contributed by atoms with Gasteiger partial charge in [-0.05, 0) is 48.0 Å². The molecule has 0 saturated heterocycles. The molecule has 0 aliphatic carbocycles. The van der Waals surface area contributed by atoms with Gasteiger partial charge in [-0.3, -0.25) is 14.9 Å². The number of halogens is 2. The standard InChI is InChI=1S/C24H20Cl2N2O6/c1-32-16-8-9-20(21(13-16)28(30)31)27-24(29)11-7-15-6-10-22(23(12-15)33-2)34-14-17-18(25)4-3-5-19(17)26/h3-13H,14H2,1-2H3,(H,27,29)/b11-7+. The Balaban J connectivity index is 1.70. The van der Waals surface area contributed by atoms with Crippen LogP contribution in [-0.2, 0) is 11.4 Å². The maximum absolute atomic E-state index is 12.3. The number of ether oxygens (including phenoxy) is 3. The van der Waals surface area contributed by atoms with Gasteiger partial charge in [0.15, 0.2) is 11.5 Å². The first-order valence-corrected chi connectivity index (χ1v) is 10.6. The first kappa shape index (κ1) is 24.9. The average molecular weight is 503 g/mol. The molecular weight excluding hydrogens is 483 g/mol. The fraction of sp³-hybridized carbons (Fsp3) is 0.125. The predicted octanol–water partition coefficient (Wildman–Crippen LogP) is 6.15. The van der Waals surface area contributed by atoms with Crippen molar-refractivity contribution in [2.45, 2.75) is 6.61 Å². The summed E-state index contributed by atoms with van der Waals surface area (Å²) < 4.78 is 16.2. The van der Waals surface area contributed by atoms with E-state index in [1.54, 1.807) is 42.5 Å². The smallest absolute Gasteiger partial charge is 0.296 e. The van der Waals surface area contributed by atoms with Gasteiger partial charge in [-0.1, -0.05) is 35.3 Å². The van der Waals surface area contributed by atoms with E-state index in [4.69, 9.17) is 37.4 Å². The van der Waals surface area contributed by atoms with E-state index < -0.39 is 10.8 Å². The SMILES string of the molecule is COc1ccc(NC(=O)/C=C/c2ccc(OCc3c(Cl)cccc3Cl)c(OC)c2)c([N+](=O)[O-])c1. The summed E-state index contributed by atoms with van der Waals surface area (Å²) in [4.78, 5) is 23.0. The second-order valence-corrected chi connectivity index (χ2v) is 7.68. The molecule has 8 nitrogen and oxygen atoms in total.